The third kappa shape index (κ3) is 3.99. The number of aliphatic hydroxyl groups is 1. The van der Waals surface area contributed by atoms with E-state index < -0.39 is 17.8 Å². The number of ether oxygens (including phenoxy) is 1. The van der Waals surface area contributed by atoms with Gasteiger partial charge < -0.3 is 9.84 Å². The Bertz CT molecular complexity index is 359. The van der Waals surface area contributed by atoms with Crippen LogP contribution >= 0.6 is 0 Å². The maximum Gasteiger partial charge on any atom is 0.416 e. The van der Waals surface area contributed by atoms with Gasteiger partial charge in [-0.25, -0.2) is 0 Å². The van der Waals surface area contributed by atoms with Crippen molar-refractivity contribution >= 4 is 0 Å². The lowest BCUT2D eigenvalue weighted by molar-refractivity contribution is -0.137. The van der Waals surface area contributed by atoms with Crippen LogP contribution in [0.3, 0.4) is 0 Å². The number of rotatable bonds is 5. The van der Waals surface area contributed by atoms with E-state index in [9.17, 15) is 18.3 Å². The Morgan fingerprint density at radius 1 is 1.22 bits per heavy atom. The number of benzene rings is 1. The summed E-state index contributed by atoms with van der Waals surface area (Å²) in [5.41, 5.74) is -0.213. The van der Waals surface area contributed by atoms with Gasteiger partial charge in [0, 0.05) is 13.7 Å². The molecule has 18 heavy (non-hydrogen) atoms. The number of aliphatic hydroxyl groups excluding tert-OH is 1. The number of hydrogen-bond acceptors (Lipinski definition) is 2. The van der Waals surface area contributed by atoms with Crippen LogP contribution in [-0.4, -0.2) is 18.8 Å². The maximum atomic E-state index is 12.4. The monoisotopic (exact) mass is 262 g/mol. The summed E-state index contributed by atoms with van der Waals surface area (Å²) >= 11 is 0. The van der Waals surface area contributed by atoms with Crippen molar-refractivity contribution in [3.05, 3.63) is 35.4 Å². The normalized spacial score (nSPS) is 15.4. The third-order valence-electron chi connectivity index (χ3n) is 2.90. The first kappa shape index (κ1) is 15.0. The summed E-state index contributed by atoms with van der Waals surface area (Å²) in [5.74, 6) is -0.0679. The molecule has 0 heterocycles. The van der Waals surface area contributed by atoms with Gasteiger partial charge in [-0.2, -0.15) is 13.2 Å². The Morgan fingerprint density at radius 3 is 2.22 bits per heavy atom. The van der Waals surface area contributed by atoms with Gasteiger partial charge in [-0.3, -0.25) is 0 Å². The molecule has 0 aromatic heterocycles. The van der Waals surface area contributed by atoms with Gasteiger partial charge in [0.05, 0.1) is 11.7 Å². The zero-order valence-electron chi connectivity index (χ0n) is 10.4. The van der Waals surface area contributed by atoms with Crippen molar-refractivity contribution in [2.75, 3.05) is 13.7 Å². The highest BCUT2D eigenvalue weighted by molar-refractivity contribution is 5.26. The van der Waals surface area contributed by atoms with E-state index in [1.54, 1.807) is 7.11 Å². The second kappa shape index (κ2) is 6.20. The second-order valence-corrected chi connectivity index (χ2v) is 4.32. The largest absolute Gasteiger partial charge is 0.416 e. The minimum atomic E-state index is -4.34. The van der Waals surface area contributed by atoms with Gasteiger partial charge in [0.1, 0.15) is 0 Å². The molecule has 0 fully saturated rings. The van der Waals surface area contributed by atoms with E-state index in [2.05, 4.69) is 0 Å². The Labute approximate surface area is 104 Å². The molecule has 0 aliphatic heterocycles. The lowest BCUT2D eigenvalue weighted by atomic mass is 9.94. The van der Waals surface area contributed by atoms with Crippen molar-refractivity contribution in [2.45, 2.75) is 25.6 Å². The lowest BCUT2D eigenvalue weighted by Gasteiger charge is -2.19. The first-order valence-corrected chi connectivity index (χ1v) is 5.70. The van der Waals surface area contributed by atoms with Crippen LogP contribution in [0.25, 0.3) is 0 Å². The van der Waals surface area contributed by atoms with E-state index in [0.29, 0.717) is 18.6 Å². The molecule has 0 amide bonds. The maximum absolute atomic E-state index is 12.4. The average Bonchev–Trinajstić information content (AvgIpc) is 2.34. The summed E-state index contributed by atoms with van der Waals surface area (Å²) in [7, 11) is 1.57. The zero-order valence-corrected chi connectivity index (χ0v) is 10.4. The highest BCUT2D eigenvalue weighted by Gasteiger charge is 2.30. The lowest BCUT2D eigenvalue weighted by Crippen LogP contribution is -2.12. The Hall–Kier alpha value is -1.07. The molecule has 1 aromatic rings. The van der Waals surface area contributed by atoms with Gasteiger partial charge >= 0.3 is 6.18 Å². The molecule has 1 aromatic carbocycles. The minimum Gasteiger partial charge on any atom is -0.388 e. The molecule has 1 N–H and O–H groups in total. The molecule has 0 aliphatic carbocycles. The average molecular weight is 262 g/mol. The van der Waals surface area contributed by atoms with E-state index in [1.165, 1.54) is 12.1 Å². The molecule has 0 saturated heterocycles. The van der Waals surface area contributed by atoms with Crippen LogP contribution in [0.4, 0.5) is 13.2 Å². The van der Waals surface area contributed by atoms with Crippen LogP contribution in [0, 0.1) is 5.92 Å². The molecule has 1 rings (SSSR count). The Morgan fingerprint density at radius 2 is 1.78 bits per heavy atom. The van der Waals surface area contributed by atoms with E-state index >= 15 is 0 Å². The van der Waals surface area contributed by atoms with Crippen molar-refractivity contribution in [3.8, 4) is 0 Å². The van der Waals surface area contributed by atoms with E-state index in [0.717, 1.165) is 12.1 Å². The van der Waals surface area contributed by atoms with Gasteiger partial charge in [-0.05, 0) is 30.0 Å². The first-order valence-electron chi connectivity index (χ1n) is 5.70. The SMILES string of the molecule is COCCC(C)C(O)c1ccc(C(F)(F)F)cc1. The van der Waals surface area contributed by atoms with Gasteiger partial charge in [0.2, 0.25) is 0 Å². The predicted molar refractivity (Wildman–Crippen MR) is 62.1 cm³/mol. The number of methoxy groups -OCH3 is 1. The van der Waals surface area contributed by atoms with Crippen LogP contribution in [0.1, 0.15) is 30.6 Å². The van der Waals surface area contributed by atoms with E-state index in [-0.39, 0.29) is 5.92 Å². The molecular weight excluding hydrogens is 245 g/mol. The zero-order chi connectivity index (χ0) is 13.8. The van der Waals surface area contributed by atoms with Crippen LogP contribution in [0.15, 0.2) is 24.3 Å². The Kier molecular flexibility index (Phi) is 5.16. The van der Waals surface area contributed by atoms with Crippen LogP contribution < -0.4 is 0 Å². The Balaban J connectivity index is 2.72. The summed E-state index contributed by atoms with van der Waals surface area (Å²) < 4.78 is 42.0. The molecule has 102 valence electrons. The number of halogens is 3. The summed E-state index contributed by atoms with van der Waals surface area (Å²) in [6.07, 6.45) is -4.47. The van der Waals surface area contributed by atoms with Gasteiger partial charge in [-0.15, -0.1) is 0 Å². The smallest absolute Gasteiger partial charge is 0.388 e. The molecule has 0 spiro atoms. The second-order valence-electron chi connectivity index (χ2n) is 4.32. The molecule has 0 aliphatic rings. The molecule has 0 radical (unpaired) electrons. The van der Waals surface area contributed by atoms with Crippen molar-refractivity contribution in [3.63, 3.8) is 0 Å². The molecule has 0 saturated carbocycles. The van der Waals surface area contributed by atoms with Crippen molar-refractivity contribution in [2.24, 2.45) is 5.92 Å². The van der Waals surface area contributed by atoms with Gasteiger partial charge in [-0.1, -0.05) is 19.1 Å². The highest BCUT2D eigenvalue weighted by atomic mass is 19.4. The topological polar surface area (TPSA) is 29.5 Å². The molecule has 5 heteroatoms. The standard InChI is InChI=1S/C13H17F3O2/c1-9(7-8-18-2)12(17)10-3-5-11(6-4-10)13(14,15)16/h3-6,9,12,17H,7-8H2,1-2H3. The minimum absolute atomic E-state index is 0.0679. The predicted octanol–water partition coefficient (Wildman–Crippen LogP) is 3.41. The fraction of sp³-hybridized carbons (Fsp3) is 0.538. The van der Waals surface area contributed by atoms with Gasteiger partial charge in [0.15, 0.2) is 0 Å². The van der Waals surface area contributed by atoms with E-state index in [4.69, 9.17) is 4.74 Å². The van der Waals surface area contributed by atoms with Crippen molar-refractivity contribution in [1.82, 2.24) is 0 Å². The van der Waals surface area contributed by atoms with Gasteiger partial charge in [0.25, 0.3) is 0 Å². The van der Waals surface area contributed by atoms with Crippen molar-refractivity contribution < 1.29 is 23.0 Å². The quantitative estimate of drug-likeness (QED) is 0.881. The van der Waals surface area contributed by atoms with Crippen molar-refractivity contribution in [1.29, 1.82) is 0 Å². The fourth-order valence-electron chi connectivity index (χ4n) is 1.66. The molecule has 2 nitrogen and oxygen atoms in total. The molecule has 2 unspecified atom stereocenters. The summed E-state index contributed by atoms with van der Waals surface area (Å²) in [4.78, 5) is 0. The summed E-state index contributed by atoms with van der Waals surface area (Å²) in [6.45, 7) is 2.35. The molecule has 2 atom stereocenters. The summed E-state index contributed by atoms with van der Waals surface area (Å²) in [6, 6.07) is 4.61. The van der Waals surface area contributed by atoms with Crippen LogP contribution in [0.2, 0.25) is 0 Å². The molecule has 0 bridgehead atoms. The highest BCUT2D eigenvalue weighted by Crippen LogP contribution is 2.31. The number of hydrogen-bond donors (Lipinski definition) is 1. The van der Waals surface area contributed by atoms with E-state index in [1.807, 2.05) is 6.92 Å². The molecular formula is C13H17F3O2. The van der Waals surface area contributed by atoms with Crippen LogP contribution in [-0.2, 0) is 10.9 Å². The number of alkyl halides is 3. The van der Waals surface area contributed by atoms with Crippen LogP contribution in [0.5, 0.6) is 0 Å². The first-order chi connectivity index (χ1) is 8.36. The third-order valence-corrected chi connectivity index (χ3v) is 2.90. The fourth-order valence-corrected chi connectivity index (χ4v) is 1.66. The summed E-state index contributed by atoms with van der Waals surface area (Å²) in [5, 5.41) is 9.97.